The van der Waals surface area contributed by atoms with Crippen LogP contribution in [0.25, 0.3) is 0 Å². The summed E-state index contributed by atoms with van der Waals surface area (Å²) in [5.74, 6) is 0.867. The smallest absolute Gasteiger partial charge is 0.134 e. The fourth-order valence-corrected chi connectivity index (χ4v) is 2.96. The summed E-state index contributed by atoms with van der Waals surface area (Å²) < 4.78 is 0. The molecule has 0 radical (unpaired) electrons. The van der Waals surface area contributed by atoms with E-state index in [4.69, 9.17) is 11.6 Å². The lowest BCUT2D eigenvalue weighted by atomic mass is 9.95. The molecule has 1 aromatic carbocycles. The normalized spacial score (nSPS) is 18.4. The summed E-state index contributed by atoms with van der Waals surface area (Å²) in [7, 11) is 0. The van der Waals surface area contributed by atoms with E-state index in [9.17, 15) is 5.11 Å². The van der Waals surface area contributed by atoms with Crippen molar-refractivity contribution in [3.63, 3.8) is 0 Å². The third-order valence-corrected chi connectivity index (χ3v) is 4.27. The summed E-state index contributed by atoms with van der Waals surface area (Å²) in [6, 6.07) is 6.04. The molecule has 1 aliphatic heterocycles. The highest BCUT2D eigenvalue weighted by Crippen LogP contribution is 2.32. The van der Waals surface area contributed by atoms with Crippen LogP contribution in [0.3, 0.4) is 0 Å². The van der Waals surface area contributed by atoms with E-state index in [-0.39, 0.29) is 5.75 Å². The molecule has 0 amide bonds. The predicted octanol–water partition coefficient (Wildman–Crippen LogP) is 3.43. The number of phenolic OH excluding ortho intramolecular Hbond substituents is 1. The van der Waals surface area contributed by atoms with Gasteiger partial charge in [-0.2, -0.15) is 0 Å². The van der Waals surface area contributed by atoms with Crippen molar-refractivity contribution in [1.29, 1.82) is 0 Å². The first-order valence-corrected chi connectivity index (χ1v) is 7.89. The number of benzene rings is 1. The van der Waals surface area contributed by atoms with Crippen LogP contribution in [0, 0.1) is 5.92 Å². The van der Waals surface area contributed by atoms with Crippen molar-refractivity contribution in [2.24, 2.45) is 5.92 Å². The fourth-order valence-electron chi connectivity index (χ4n) is 2.78. The van der Waals surface area contributed by atoms with Gasteiger partial charge in [-0.1, -0.05) is 31.5 Å². The van der Waals surface area contributed by atoms with E-state index in [0.29, 0.717) is 17.0 Å². The van der Waals surface area contributed by atoms with Crippen LogP contribution in [-0.4, -0.2) is 36.2 Å². The highest BCUT2D eigenvalue weighted by molar-refractivity contribution is 6.32. The van der Waals surface area contributed by atoms with Crippen molar-refractivity contribution >= 4 is 11.6 Å². The van der Waals surface area contributed by atoms with Gasteiger partial charge >= 0.3 is 0 Å². The van der Waals surface area contributed by atoms with Crippen molar-refractivity contribution in [2.45, 2.75) is 32.7 Å². The number of nitrogens with zero attached hydrogens (tertiary/aromatic N) is 1. The van der Waals surface area contributed by atoms with E-state index in [2.05, 4.69) is 24.1 Å². The van der Waals surface area contributed by atoms with E-state index >= 15 is 0 Å². The molecule has 0 saturated carbocycles. The number of piperazine rings is 1. The molecule has 4 heteroatoms. The quantitative estimate of drug-likeness (QED) is 0.874. The lowest BCUT2D eigenvalue weighted by molar-refractivity contribution is 0.160. The largest absolute Gasteiger partial charge is 0.506 e. The Morgan fingerprint density at radius 2 is 1.95 bits per heavy atom. The van der Waals surface area contributed by atoms with Gasteiger partial charge in [0.15, 0.2) is 0 Å². The SMILES string of the molecule is CC(C)CC[C@@H](c1ccc(O)c(Cl)c1)N1CCNCC1. The molecule has 2 rings (SSSR count). The minimum Gasteiger partial charge on any atom is -0.506 e. The minimum atomic E-state index is 0.165. The van der Waals surface area contributed by atoms with Gasteiger partial charge in [0.2, 0.25) is 0 Å². The second kappa shape index (κ2) is 7.30. The molecule has 1 atom stereocenters. The zero-order valence-electron chi connectivity index (χ0n) is 12.4. The Labute approximate surface area is 126 Å². The average Bonchev–Trinajstić information content (AvgIpc) is 2.44. The Morgan fingerprint density at radius 3 is 2.55 bits per heavy atom. The summed E-state index contributed by atoms with van der Waals surface area (Å²) in [5.41, 5.74) is 1.22. The molecule has 1 aromatic rings. The van der Waals surface area contributed by atoms with Crippen LogP contribution in [0.4, 0.5) is 0 Å². The molecular formula is C16H25ClN2O. The Bertz CT molecular complexity index is 430. The number of halogens is 1. The topological polar surface area (TPSA) is 35.5 Å². The lowest BCUT2D eigenvalue weighted by Gasteiger charge is -2.35. The first-order valence-electron chi connectivity index (χ1n) is 7.51. The molecule has 1 aliphatic rings. The van der Waals surface area contributed by atoms with Crippen molar-refractivity contribution in [3.8, 4) is 5.75 Å². The van der Waals surface area contributed by atoms with E-state index in [1.165, 1.54) is 12.0 Å². The maximum atomic E-state index is 9.60. The first-order chi connectivity index (χ1) is 9.58. The second-order valence-corrected chi connectivity index (χ2v) is 6.39. The molecule has 1 fully saturated rings. The van der Waals surface area contributed by atoms with Crippen molar-refractivity contribution in [1.82, 2.24) is 10.2 Å². The Hall–Kier alpha value is -0.770. The summed E-state index contributed by atoms with van der Waals surface area (Å²) in [6.45, 7) is 8.76. The summed E-state index contributed by atoms with van der Waals surface area (Å²) in [4.78, 5) is 2.53. The predicted molar refractivity (Wildman–Crippen MR) is 84.4 cm³/mol. The van der Waals surface area contributed by atoms with Crippen LogP contribution in [0.2, 0.25) is 5.02 Å². The van der Waals surface area contributed by atoms with Gasteiger partial charge < -0.3 is 10.4 Å². The molecule has 20 heavy (non-hydrogen) atoms. The molecule has 0 bridgehead atoms. The average molecular weight is 297 g/mol. The molecule has 0 spiro atoms. The van der Waals surface area contributed by atoms with Gasteiger partial charge in [0.1, 0.15) is 5.75 Å². The molecule has 0 unspecified atom stereocenters. The number of phenols is 1. The molecule has 0 aromatic heterocycles. The van der Waals surface area contributed by atoms with Crippen LogP contribution < -0.4 is 5.32 Å². The van der Waals surface area contributed by atoms with Crippen LogP contribution in [0.1, 0.15) is 38.3 Å². The van der Waals surface area contributed by atoms with E-state index in [0.717, 1.165) is 32.6 Å². The monoisotopic (exact) mass is 296 g/mol. The maximum Gasteiger partial charge on any atom is 0.134 e. The van der Waals surface area contributed by atoms with Crippen LogP contribution in [0.5, 0.6) is 5.75 Å². The number of hydrogen-bond donors (Lipinski definition) is 2. The van der Waals surface area contributed by atoms with E-state index in [1.807, 2.05) is 12.1 Å². The fraction of sp³-hybridized carbons (Fsp3) is 0.625. The minimum absolute atomic E-state index is 0.165. The number of hydrogen-bond acceptors (Lipinski definition) is 3. The maximum absolute atomic E-state index is 9.60. The first kappa shape index (κ1) is 15.6. The summed E-state index contributed by atoms with van der Waals surface area (Å²) >= 11 is 6.08. The zero-order chi connectivity index (χ0) is 14.5. The molecular weight excluding hydrogens is 272 g/mol. The van der Waals surface area contributed by atoms with Gasteiger partial charge in [-0.3, -0.25) is 4.90 Å². The van der Waals surface area contributed by atoms with Crippen molar-refractivity contribution < 1.29 is 5.11 Å². The summed E-state index contributed by atoms with van der Waals surface area (Å²) in [5, 5.41) is 13.4. The highest BCUT2D eigenvalue weighted by atomic mass is 35.5. The van der Waals surface area contributed by atoms with Gasteiger partial charge in [0.25, 0.3) is 0 Å². The number of aromatic hydroxyl groups is 1. The number of rotatable bonds is 5. The Morgan fingerprint density at radius 1 is 1.25 bits per heavy atom. The third-order valence-electron chi connectivity index (χ3n) is 3.97. The molecule has 2 N–H and O–H groups in total. The zero-order valence-corrected chi connectivity index (χ0v) is 13.2. The molecule has 3 nitrogen and oxygen atoms in total. The Kier molecular flexibility index (Phi) is 5.70. The van der Waals surface area contributed by atoms with Gasteiger partial charge in [0.05, 0.1) is 5.02 Å². The van der Waals surface area contributed by atoms with Gasteiger partial charge in [-0.05, 0) is 36.5 Å². The second-order valence-electron chi connectivity index (χ2n) is 5.98. The summed E-state index contributed by atoms with van der Waals surface area (Å²) in [6.07, 6.45) is 2.34. The Balaban J connectivity index is 2.17. The van der Waals surface area contributed by atoms with Gasteiger partial charge in [-0.25, -0.2) is 0 Å². The van der Waals surface area contributed by atoms with Gasteiger partial charge in [-0.15, -0.1) is 0 Å². The number of nitrogens with one attached hydrogen (secondary N) is 1. The van der Waals surface area contributed by atoms with Crippen molar-refractivity contribution in [3.05, 3.63) is 28.8 Å². The van der Waals surface area contributed by atoms with E-state index < -0.39 is 0 Å². The molecule has 1 saturated heterocycles. The molecule has 1 heterocycles. The third kappa shape index (κ3) is 4.11. The molecule has 112 valence electrons. The van der Waals surface area contributed by atoms with Crippen LogP contribution in [-0.2, 0) is 0 Å². The standard InChI is InChI=1S/C16H25ClN2O/c1-12(2)3-5-15(19-9-7-18-8-10-19)13-4-6-16(20)14(17)11-13/h4,6,11-12,15,18,20H,3,5,7-10H2,1-2H3/t15-/m0/s1. The molecule has 0 aliphatic carbocycles. The highest BCUT2D eigenvalue weighted by Gasteiger charge is 2.22. The van der Waals surface area contributed by atoms with Crippen LogP contribution in [0.15, 0.2) is 18.2 Å². The van der Waals surface area contributed by atoms with Crippen molar-refractivity contribution in [2.75, 3.05) is 26.2 Å². The van der Waals surface area contributed by atoms with Gasteiger partial charge in [0, 0.05) is 32.2 Å². The van der Waals surface area contributed by atoms with Crippen LogP contribution >= 0.6 is 11.6 Å². The lowest BCUT2D eigenvalue weighted by Crippen LogP contribution is -2.45. The van der Waals surface area contributed by atoms with E-state index in [1.54, 1.807) is 6.07 Å².